The molecule has 0 saturated heterocycles. The van der Waals surface area contributed by atoms with Crippen molar-refractivity contribution in [1.82, 2.24) is 15.1 Å². The Morgan fingerprint density at radius 2 is 2.04 bits per heavy atom. The van der Waals surface area contributed by atoms with E-state index in [0.29, 0.717) is 0 Å². The minimum Gasteiger partial charge on any atom is -0.348 e. The number of hydrogen-bond acceptors (Lipinski definition) is 3. The highest BCUT2D eigenvalue weighted by Crippen LogP contribution is 2.30. The van der Waals surface area contributed by atoms with Crippen molar-refractivity contribution in [2.75, 3.05) is 5.32 Å². The van der Waals surface area contributed by atoms with E-state index in [4.69, 9.17) is 0 Å². The summed E-state index contributed by atoms with van der Waals surface area (Å²) in [6.07, 6.45) is 5.37. The van der Waals surface area contributed by atoms with Crippen molar-refractivity contribution >= 4 is 17.5 Å². The molecular weight excluding hydrogens is 292 g/mol. The average Bonchev–Trinajstić information content (AvgIpc) is 3.27. The second-order valence-electron chi connectivity index (χ2n) is 5.88. The minimum atomic E-state index is -0.105. The predicted molar refractivity (Wildman–Crippen MR) is 86.6 cm³/mol. The number of hydrogen-bond donors (Lipinski definition) is 2. The maximum Gasteiger partial charge on any atom is 0.242 e. The number of aromatic nitrogens is 2. The second-order valence-corrected chi connectivity index (χ2v) is 5.88. The molecule has 1 saturated carbocycles. The summed E-state index contributed by atoms with van der Waals surface area (Å²) in [5, 5.41) is 9.85. The molecule has 1 aromatic heterocycles. The molecular formula is C17H20N4O2. The summed E-state index contributed by atoms with van der Waals surface area (Å²) in [5.41, 5.74) is 1.78. The van der Waals surface area contributed by atoms with Crippen LogP contribution in [0.1, 0.15) is 31.4 Å². The first kappa shape index (κ1) is 15.3. The number of carbonyl (C=O) groups is 2. The van der Waals surface area contributed by atoms with Crippen LogP contribution in [0.2, 0.25) is 0 Å². The van der Waals surface area contributed by atoms with Crippen LogP contribution >= 0.6 is 0 Å². The van der Waals surface area contributed by atoms with Crippen LogP contribution < -0.4 is 10.6 Å². The van der Waals surface area contributed by atoms with Gasteiger partial charge in [0.1, 0.15) is 6.54 Å². The Kier molecular flexibility index (Phi) is 4.41. The first-order chi connectivity index (χ1) is 11.1. The summed E-state index contributed by atoms with van der Waals surface area (Å²) < 4.78 is 1.58. The van der Waals surface area contributed by atoms with Gasteiger partial charge in [0.05, 0.1) is 6.04 Å². The SMILES string of the molecule is CC(NC(=O)Cn1cccn1)c1ccc(NC(=O)C2CC2)cc1. The van der Waals surface area contributed by atoms with Crippen LogP contribution in [-0.4, -0.2) is 21.6 Å². The van der Waals surface area contributed by atoms with Crippen molar-refractivity contribution in [3.05, 3.63) is 48.3 Å². The Morgan fingerprint density at radius 1 is 1.30 bits per heavy atom. The van der Waals surface area contributed by atoms with Gasteiger partial charge in [-0.3, -0.25) is 14.3 Å². The van der Waals surface area contributed by atoms with E-state index in [1.54, 1.807) is 23.1 Å². The zero-order valence-corrected chi connectivity index (χ0v) is 13.0. The van der Waals surface area contributed by atoms with E-state index in [1.165, 1.54) is 0 Å². The molecule has 1 heterocycles. The highest BCUT2D eigenvalue weighted by molar-refractivity contribution is 5.94. The standard InChI is InChI=1S/C17H20N4O2/c1-12(19-16(22)11-21-10-2-9-18-21)13-5-7-15(8-6-13)20-17(23)14-3-4-14/h2,5-10,12,14H,3-4,11H2,1H3,(H,19,22)(H,20,23). The third-order valence-electron chi connectivity index (χ3n) is 3.87. The zero-order valence-electron chi connectivity index (χ0n) is 13.0. The first-order valence-electron chi connectivity index (χ1n) is 7.79. The minimum absolute atomic E-state index is 0.0905. The number of benzene rings is 1. The van der Waals surface area contributed by atoms with E-state index in [1.807, 2.05) is 31.2 Å². The Morgan fingerprint density at radius 3 is 2.65 bits per heavy atom. The highest BCUT2D eigenvalue weighted by atomic mass is 16.2. The van der Waals surface area contributed by atoms with E-state index in [0.717, 1.165) is 24.1 Å². The van der Waals surface area contributed by atoms with Gasteiger partial charge in [-0.2, -0.15) is 5.10 Å². The van der Waals surface area contributed by atoms with Gasteiger partial charge in [-0.25, -0.2) is 0 Å². The lowest BCUT2D eigenvalue weighted by Crippen LogP contribution is -2.30. The molecule has 1 aliphatic rings. The van der Waals surface area contributed by atoms with E-state index >= 15 is 0 Å². The summed E-state index contributed by atoms with van der Waals surface area (Å²) in [4.78, 5) is 23.7. The maximum absolute atomic E-state index is 12.0. The molecule has 120 valence electrons. The van der Waals surface area contributed by atoms with Crippen molar-refractivity contribution in [1.29, 1.82) is 0 Å². The monoisotopic (exact) mass is 312 g/mol. The lowest BCUT2D eigenvalue weighted by atomic mass is 10.1. The van der Waals surface area contributed by atoms with Gasteiger partial charge < -0.3 is 10.6 Å². The molecule has 0 aliphatic heterocycles. The fourth-order valence-electron chi connectivity index (χ4n) is 2.36. The number of rotatable bonds is 6. The van der Waals surface area contributed by atoms with E-state index < -0.39 is 0 Å². The molecule has 1 aliphatic carbocycles. The molecule has 1 unspecified atom stereocenters. The molecule has 2 aromatic rings. The van der Waals surface area contributed by atoms with E-state index in [-0.39, 0.29) is 30.3 Å². The smallest absolute Gasteiger partial charge is 0.242 e. The Hall–Kier alpha value is -2.63. The van der Waals surface area contributed by atoms with Crippen LogP contribution in [0.5, 0.6) is 0 Å². The number of nitrogens with one attached hydrogen (secondary N) is 2. The Bertz CT molecular complexity index is 675. The van der Waals surface area contributed by atoms with Gasteiger partial charge in [0.25, 0.3) is 0 Å². The molecule has 2 amide bonds. The van der Waals surface area contributed by atoms with Gasteiger partial charge >= 0.3 is 0 Å². The molecule has 2 N–H and O–H groups in total. The summed E-state index contributed by atoms with van der Waals surface area (Å²) in [5.74, 6) is 0.195. The molecule has 0 spiro atoms. The van der Waals surface area contributed by atoms with Crippen LogP contribution in [0, 0.1) is 5.92 Å². The number of carbonyl (C=O) groups excluding carboxylic acids is 2. The molecule has 1 atom stereocenters. The van der Waals surface area contributed by atoms with Gasteiger partial charge in [-0.1, -0.05) is 12.1 Å². The van der Waals surface area contributed by atoms with Crippen molar-refractivity contribution in [2.45, 2.75) is 32.4 Å². The molecule has 3 rings (SSSR count). The topological polar surface area (TPSA) is 76.0 Å². The van der Waals surface area contributed by atoms with Crippen LogP contribution in [-0.2, 0) is 16.1 Å². The molecule has 1 aromatic carbocycles. The normalized spacial score (nSPS) is 15.0. The van der Waals surface area contributed by atoms with Gasteiger partial charge in [0, 0.05) is 24.0 Å². The molecule has 1 fully saturated rings. The fourth-order valence-corrected chi connectivity index (χ4v) is 2.36. The number of anilines is 1. The van der Waals surface area contributed by atoms with Crippen LogP contribution in [0.4, 0.5) is 5.69 Å². The van der Waals surface area contributed by atoms with Crippen LogP contribution in [0.15, 0.2) is 42.7 Å². The van der Waals surface area contributed by atoms with Gasteiger partial charge in [0.2, 0.25) is 11.8 Å². The predicted octanol–water partition coefficient (Wildman–Crippen LogP) is 2.11. The van der Waals surface area contributed by atoms with Crippen molar-refractivity contribution in [3.8, 4) is 0 Å². The lowest BCUT2D eigenvalue weighted by Gasteiger charge is -2.15. The second kappa shape index (κ2) is 6.64. The average molecular weight is 312 g/mol. The highest BCUT2D eigenvalue weighted by Gasteiger charge is 2.29. The van der Waals surface area contributed by atoms with Gasteiger partial charge in [-0.15, -0.1) is 0 Å². The van der Waals surface area contributed by atoms with Crippen LogP contribution in [0.25, 0.3) is 0 Å². The number of amides is 2. The van der Waals surface area contributed by atoms with Gasteiger partial charge in [-0.05, 0) is 43.5 Å². The third kappa shape index (κ3) is 4.18. The zero-order chi connectivity index (χ0) is 16.2. The first-order valence-corrected chi connectivity index (χ1v) is 7.79. The number of nitrogens with zero attached hydrogens (tertiary/aromatic N) is 2. The molecule has 0 bridgehead atoms. The summed E-state index contributed by atoms with van der Waals surface area (Å²) >= 11 is 0. The molecule has 6 heteroatoms. The third-order valence-corrected chi connectivity index (χ3v) is 3.87. The summed E-state index contributed by atoms with van der Waals surface area (Å²) in [6, 6.07) is 9.25. The van der Waals surface area contributed by atoms with Crippen molar-refractivity contribution < 1.29 is 9.59 Å². The lowest BCUT2D eigenvalue weighted by molar-refractivity contribution is -0.122. The molecule has 0 radical (unpaired) electrons. The van der Waals surface area contributed by atoms with Gasteiger partial charge in [0.15, 0.2) is 0 Å². The fraction of sp³-hybridized carbons (Fsp3) is 0.353. The maximum atomic E-state index is 12.0. The largest absolute Gasteiger partial charge is 0.348 e. The van der Waals surface area contributed by atoms with E-state index in [2.05, 4.69) is 15.7 Å². The Labute approximate surface area is 134 Å². The Balaban J connectivity index is 1.53. The summed E-state index contributed by atoms with van der Waals surface area (Å²) in [7, 11) is 0. The van der Waals surface area contributed by atoms with Crippen molar-refractivity contribution in [3.63, 3.8) is 0 Å². The van der Waals surface area contributed by atoms with E-state index in [9.17, 15) is 9.59 Å². The van der Waals surface area contributed by atoms with Crippen molar-refractivity contribution in [2.24, 2.45) is 5.92 Å². The molecule has 23 heavy (non-hydrogen) atoms. The van der Waals surface area contributed by atoms with Crippen LogP contribution in [0.3, 0.4) is 0 Å². The quantitative estimate of drug-likeness (QED) is 0.857. The summed E-state index contributed by atoms with van der Waals surface area (Å²) in [6.45, 7) is 2.13. The molecule has 6 nitrogen and oxygen atoms in total.